The summed E-state index contributed by atoms with van der Waals surface area (Å²) in [5, 5.41) is 12.0. The van der Waals surface area contributed by atoms with Gasteiger partial charge in [0.2, 0.25) is 5.91 Å². The minimum atomic E-state index is -0.0652. The molecule has 0 aliphatic carbocycles. The van der Waals surface area contributed by atoms with Gasteiger partial charge in [0.25, 0.3) is 0 Å². The molecular formula is C13H17NO3. The summed E-state index contributed by atoms with van der Waals surface area (Å²) in [5.41, 5.74) is 1.44. The van der Waals surface area contributed by atoms with E-state index < -0.39 is 0 Å². The quantitative estimate of drug-likeness (QED) is 0.835. The fourth-order valence-corrected chi connectivity index (χ4v) is 1.97. The van der Waals surface area contributed by atoms with Crippen LogP contribution in [0.4, 0.5) is 5.69 Å². The predicted molar refractivity (Wildman–Crippen MR) is 64.5 cm³/mol. The Bertz CT molecular complexity index is 386. The van der Waals surface area contributed by atoms with Gasteiger partial charge in [0.15, 0.2) is 0 Å². The molecule has 1 heterocycles. The Hall–Kier alpha value is -1.39. The summed E-state index contributed by atoms with van der Waals surface area (Å²) in [6.45, 7) is 1.24. The van der Waals surface area contributed by atoms with Crippen molar-refractivity contribution in [2.45, 2.75) is 19.4 Å². The molecule has 1 amide bonds. The average molecular weight is 235 g/mol. The van der Waals surface area contributed by atoms with Crippen molar-refractivity contribution in [1.29, 1.82) is 0 Å². The smallest absolute Gasteiger partial charge is 0.227 e. The molecule has 0 spiro atoms. The average Bonchev–Trinajstić information content (AvgIpc) is 2.40. The van der Waals surface area contributed by atoms with Gasteiger partial charge >= 0.3 is 0 Å². The Kier molecular flexibility index (Phi) is 4.12. The zero-order valence-electron chi connectivity index (χ0n) is 9.69. The van der Waals surface area contributed by atoms with Gasteiger partial charge in [-0.05, 0) is 18.9 Å². The summed E-state index contributed by atoms with van der Waals surface area (Å²) >= 11 is 0. The van der Waals surface area contributed by atoms with E-state index in [1.54, 1.807) is 6.07 Å². The largest absolute Gasteiger partial charge is 0.392 e. The maximum atomic E-state index is 12.0. The Morgan fingerprint density at radius 1 is 1.35 bits per heavy atom. The Morgan fingerprint density at radius 3 is 2.76 bits per heavy atom. The lowest BCUT2D eigenvalue weighted by Crippen LogP contribution is -2.28. The molecule has 0 atom stereocenters. The van der Waals surface area contributed by atoms with Crippen molar-refractivity contribution in [3.63, 3.8) is 0 Å². The van der Waals surface area contributed by atoms with Crippen molar-refractivity contribution in [2.75, 3.05) is 18.5 Å². The van der Waals surface area contributed by atoms with Crippen LogP contribution in [0.1, 0.15) is 18.4 Å². The van der Waals surface area contributed by atoms with E-state index in [1.165, 1.54) is 0 Å². The first-order chi connectivity index (χ1) is 8.31. The number of ether oxygens (including phenoxy) is 1. The summed E-state index contributed by atoms with van der Waals surface area (Å²) < 4.78 is 5.22. The summed E-state index contributed by atoms with van der Waals surface area (Å²) in [6, 6.07) is 7.30. The van der Waals surface area contributed by atoms with E-state index in [1.807, 2.05) is 18.2 Å². The number of para-hydroxylation sites is 1. The molecule has 1 aliphatic heterocycles. The molecule has 17 heavy (non-hydrogen) atoms. The van der Waals surface area contributed by atoms with E-state index in [2.05, 4.69) is 5.32 Å². The van der Waals surface area contributed by atoms with Crippen LogP contribution in [0.2, 0.25) is 0 Å². The van der Waals surface area contributed by atoms with E-state index in [-0.39, 0.29) is 18.4 Å². The molecule has 0 unspecified atom stereocenters. The first-order valence-corrected chi connectivity index (χ1v) is 5.88. The van der Waals surface area contributed by atoms with Crippen molar-refractivity contribution in [3.8, 4) is 0 Å². The van der Waals surface area contributed by atoms with Crippen LogP contribution in [0, 0.1) is 5.92 Å². The van der Waals surface area contributed by atoms with Crippen LogP contribution >= 0.6 is 0 Å². The summed E-state index contributed by atoms with van der Waals surface area (Å²) in [6.07, 6.45) is 1.54. The summed E-state index contributed by atoms with van der Waals surface area (Å²) in [7, 11) is 0. The van der Waals surface area contributed by atoms with Crippen LogP contribution in [0.5, 0.6) is 0 Å². The lowest BCUT2D eigenvalue weighted by molar-refractivity contribution is -0.122. The number of aliphatic hydroxyl groups excluding tert-OH is 1. The molecule has 0 bridgehead atoms. The second-order valence-corrected chi connectivity index (χ2v) is 4.19. The van der Waals surface area contributed by atoms with Crippen LogP contribution in [-0.2, 0) is 16.1 Å². The molecule has 1 saturated heterocycles. The number of carbonyl (C=O) groups excluding carboxylic acids is 1. The minimum Gasteiger partial charge on any atom is -0.392 e. The highest BCUT2D eigenvalue weighted by Crippen LogP contribution is 2.20. The number of carbonyl (C=O) groups is 1. The maximum Gasteiger partial charge on any atom is 0.227 e. The van der Waals surface area contributed by atoms with Crippen molar-refractivity contribution in [3.05, 3.63) is 29.8 Å². The molecule has 4 heteroatoms. The van der Waals surface area contributed by atoms with E-state index in [4.69, 9.17) is 4.74 Å². The second kappa shape index (κ2) is 5.80. The van der Waals surface area contributed by atoms with Gasteiger partial charge < -0.3 is 15.2 Å². The molecule has 2 N–H and O–H groups in total. The second-order valence-electron chi connectivity index (χ2n) is 4.19. The standard InChI is InChI=1S/C13H17NO3/c15-9-11-3-1-2-4-12(11)14-13(16)10-5-7-17-8-6-10/h1-4,10,15H,5-9H2,(H,14,16). The highest BCUT2D eigenvalue weighted by atomic mass is 16.5. The van der Waals surface area contributed by atoms with Gasteiger partial charge in [0.05, 0.1) is 6.61 Å². The SMILES string of the molecule is O=C(Nc1ccccc1CO)C1CCOCC1. The molecule has 0 radical (unpaired) electrons. The van der Waals surface area contributed by atoms with Crippen molar-refractivity contribution in [2.24, 2.45) is 5.92 Å². The molecule has 0 aromatic heterocycles. The van der Waals surface area contributed by atoms with Gasteiger partial charge in [-0.2, -0.15) is 0 Å². The minimum absolute atomic E-state index is 0.0224. The zero-order chi connectivity index (χ0) is 12.1. The summed E-state index contributed by atoms with van der Waals surface area (Å²) in [4.78, 5) is 12.0. The van der Waals surface area contributed by atoms with Crippen LogP contribution in [0.3, 0.4) is 0 Å². The lowest BCUT2D eigenvalue weighted by Gasteiger charge is -2.21. The number of benzene rings is 1. The van der Waals surface area contributed by atoms with E-state index in [0.717, 1.165) is 18.4 Å². The van der Waals surface area contributed by atoms with Crippen molar-refractivity contribution < 1.29 is 14.6 Å². The molecule has 92 valence electrons. The normalized spacial score (nSPS) is 16.8. The van der Waals surface area contributed by atoms with Crippen LogP contribution in [-0.4, -0.2) is 24.2 Å². The Balaban J connectivity index is 2.01. The number of amides is 1. The number of aliphatic hydroxyl groups is 1. The van der Waals surface area contributed by atoms with Gasteiger partial charge in [-0.25, -0.2) is 0 Å². The molecular weight excluding hydrogens is 218 g/mol. The van der Waals surface area contributed by atoms with E-state index in [0.29, 0.717) is 18.9 Å². The number of hydrogen-bond acceptors (Lipinski definition) is 3. The van der Waals surface area contributed by atoms with Crippen LogP contribution < -0.4 is 5.32 Å². The molecule has 4 nitrogen and oxygen atoms in total. The van der Waals surface area contributed by atoms with Gasteiger partial charge in [-0.15, -0.1) is 0 Å². The molecule has 2 rings (SSSR count). The highest BCUT2D eigenvalue weighted by Gasteiger charge is 2.21. The number of hydrogen-bond donors (Lipinski definition) is 2. The van der Waals surface area contributed by atoms with Crippen molar-refractivity contribution >= 4 is 11.6 Å². The first kappa shape index (κ1) is 12.1. The fourth-order valence-electron chi connectivity index (χ4n) is 1.97. The molecule has 1 aromatic carbocycles. The van der Waals surface area contributed by atoms with Gasteiger partial charge in [-0.1, -0.05) is 18.2 Å². The van der Waals surface area contributed by atoms with Crippen molar-refractivity contribution in [1.82, 2.24) is 0 Å². The Morgan fingerprint density at radius 2 is 2.06 bits per heavy atom. The fraction of sp³-hybridized carbons (Fsp3) is 0.462. The summed E-state index contributed by atoms with van der Waals surface area (Å²) in [5.74, 6) is 0.0460. The molecule has 1 aromatic rings. The van der Waals surface area contributed by atoms with E-state index >= 15 is 0 Å². The highest BCUT2D eigenvalue weighted by molar-refractivity contribution is 5.93. The monoisotopic (exact) mass is 235 g/mol. The third kappa shape index (κ3) is 3.05. The molecule has 1 fully saturated rings. The van der Waals surface area contributed by atoms with Gasteiger partial charge in [0, 0.05) is 30.4 Å². The van der Waals surface area contributed by atoms with Gasteiger partial charge in [-0.3, -0.25) is 4.79 Å². The third-order valence-electron chi connectivity index (χ3n) is 3.04. The molecule has 0 saturated carbocycles. The zero-order valence-corrected chi connectivity index (χ0v) is 9.69. The topological polar surface area (TPSA) is 58.6 Å². The molecule has 1 aliphatic rings. The number of nitrogens with one attached hydrogen (secondary N) is 1. The van der Waals surface area contributed by atoms with Gasteiger partial charge in [0.1, 0.15) is 0 Å². The maximum absolute atomic E-state index is 12.0. The van der Waals surface area contributed by atoms with Crippen LogP contribution in [0.25, 0.3) is 0 Å². The number of anilines is 1. The lowest BCUT2D eigenvalue weighted by atomic mass is 9.99. The third-order valence-corrected chi connectivity index (χ3v) is 3.04. The van der Waals surface area contributed by atoms with E-state index in [9.17, 15) is 9.90 Å². The first-order valence-electron chi connectivity index (χ1n) is 5.88. The predicted octanol–water partition coefficient (Wildman–Crippen LogP) is 1.54. The Labute approximate surface area is 101 Å². The van der Waals surface area contributed by atoms with Crippen LogP contribution in [0.15, 0.2) is 24.3 Å². The number of rotatable bonds is 3.